The highest BCUT2D eigenvalue weighted by Gasteiger charge is 2.28. The third-order valence-electron chi connectivity index (χ3n) is 2.94. The highest BCUT2D eigenvalue weighted by atomic mass is 32.2. The maximum atomic E-state index is 12.4. The molecule has 1 aromatic carbocycles. The van der Waals surface area contributed by atoms with E-state index in [1.54, 1.807) is 12.1 Å². The average molecular weight is 313 g/mol. The maximum absolute atomic E-state index is 12.4. The Bertz CT molecular complexity index is 626. The number of carbonyl (C=O) groups excluding carboxylic acids is 1. The first-order valence-electron chi connectivity index (χ1n) is 6.03. The second kappa shape index (κ2) is 5.86. The topological polar surface area (TPSA) is 92.5 Å². The summed E-state index contributed by atoms with van der Waals surface area (Å²) in [5, 5.41) is 2.59. The molecule has 108 valence electrons. The van der Waals surface area contributed by atoms with Crippen LogP contribution in [-0.2, 0) is 21.2 Å². The summed E-state index contributed by atoms with van der Waals surface area (Å²) < 4.78 is 25.9. The van der Waals surface area contributed by atoms with Crippen LogP contribution in [0.5, 0.6) is 0 Å². The predicted molar refractivity (Wildman–Crippen MR) is 78.7 cm³/mol. The van der Waals surface area contributed by atoms with Crippen LogP contribution in [0.4, 0.5) is 0 Å². The van der Waals surface area contributed by atoms with E-state index in [0.29, 0.717) is 18.0 Å². The number of carbonyl (C=O) groups is 1. The van der Waals surface area contributed by atoms with Crippen molar-refractivity contribution in [3.63, 3.8) is 0 Å². The minimum atomic E-state index is -3.63. The molecule has 1 aromatic rings. The standard InChI is InChI=1S/C12H15N3O3S2/c13-11(19)7-9-1-3-10(4-2-9)20(17,18)15-6-5-14-12(16)8-15/h1-4H,5-8H2,(H2,13,19)(H,14,16). The Hall–Kier alpha value is -1.51. The van der Waals surface area contributed by atoms with E-state index in [1.807, 2.05) is 0 Å². The van der Waals surface area contributed by atoms with Crippen molar-refractivity contribution < 1.29 is 13.2 Å². The number of hydrogen-bond acceptors (Lipinski definition) is 4. The highest BCUT2D eigenvalue weighted by Crippen LogP contribution is 2.17. The van der Waals surface area contributed by atoms with Crippen molar-refractivity contribution in [3.8, 4) is 0 Å². The van der Waals surface area contributed by atoms with Crippen LogP contribution in [0, 0.1) is 0 Å². The number of nitrogens with two attached hydrogens (primary N) is 1. The molecule has 1 heterocycles. The predicted octanol–water partition coefficient (Wildman–Crippen LogP) is -0.364. The normalized spacial score (nSPS) is 16.7. The molecular formula is C12H15N3O3S2. The summed E-state index contributed by atoms with van der Waals surface area (Å²) in [4.78, 5) is 11.8. The van der Waals surface area contributed by atoms with Crippen LogP contribution in [-0.4, -0.2) is 43.3 Å². The van der Waals surface area contributed by atoms with Crippen LogP contribution in [0.2, 0.25) is 0 Å². The molecule has 0 aliphatic carbocycles. The van der Waals surface area contributed by atoms with Crippen molar-refractivity contribution >= 4 is 33.1 Å². The van der Waals surface area contributed by atoms with Gasteiger partial charge in [-0.2, -0.15) is 4.31 Å². The molecule has 1 aliphatic heterocycles. The van der Waals surface area contributed by atoms with E-state index >= 15 is 0 Å². The van der Waals surface area contributed by atoms with E-state index in [1.165, 1.54) is 16.4 Å². The van der Waals surface area contributed by atoms with Gasteiger partial charge in [-0.15, -0.1) is 0 Å². The van der Waals surface area contributed by atoms with E-state index in [-0.39, 0.29) is 23.9 Å². The van der Waals surface area contributed by atoms with Gasteiger partial charge >= 0.3 is 0 Å². The SMILES string of the molecule is NC(=S)Cc1ccc(S(=O)(=O)N2CCNC(=O)C2)cc1. The fourth-order valence-corrected chi connectivity index (χ4v) is 3.51. The van der Waals surface area contributed by atoms with E-state index in [2.05, 4.69) is 5.32 Å². The van der Waals surface area contributed by atoms with Crippen molar-refractivity contribution in [1.29, 1.82) is 0 Å². The van der Waals surface area contributed by atoms with Crippen LogP contribution in [0.3, 0.4) is 0 Å². The lowest BCUT2D eigenvalue weighted by Crippen LogP contribution is -2.49. The Morgan fingerprint density at radius 2 is 2.00 bits per heavy atom. The fraction of sp³-hybridized carbons (Fsp3) is 0.333. The van der Waals surface area contributed by atoms with Crippen molar-refractivity contribution in [2.24, 2.45) is 5.73 Å². The van der Waals surface area contributed by atoms with Gasteiger partial charge in [0.2, 0.25) is 15.9 Å². The number of hydrogen-bond donors (Lipinski definition) is 2. The molecule has 0 bridgehead atoms. The Morgan fingerprint density at radius 1 is 1.35 bits per heavy atom. The molecule has 20 heavy (non-hydrogen) atoms. The molecule has 1 amide bonds. The second-order valence-corrected chi connectivity index (χ2v) is 6.94. The van der Waals surface area contributed by atoms with E-state index in [4.69, 9.17) is 18.0 Å². The zero-order valence-electron chi connectivity index (χ0n) is 10.7. The van der Waals surface area contributed by atoms with Crippen molar-refractivity contribution in [3.05, 3.63) is 29.8 Å². The van der Waals surface area contributed by atoms with Crippen molar-refractivity contribution in [2.75, 3.05) is 19.6 Å². The van der Waals surface area contributed by atoms with Crippen LogP contribution in [0.15, 0.2) is 29.2 Å². The fourth-order valence-electron chi connectivity index (χ4n) is 1.95. The average Bonchev–Trinajstić information content (AvgIpc) is 2.38. The summed E-state index contributed by atoms with van der Waals surface area (Å²) in [6.45, 7) is 0.470. The van der Waals surface area contributed by atoms with Crippen LogP contribution < -0.4 is 11.1 Å². The smallest absolute Gasteiger partial charge is 0.243 e. The molecule has 0 unspecified atom stereocenters. The minimum absolute atomic E-state index is 0.142. The summed E-state index contributed by atoms with van der Waals surface area (Å²) in [7, 11) is -3.63. The number of nitrogens with zero attached hydrogens (tertiary/aromatic N) is 1. The number of rotatable bonds is 4. The van der Waals surface area contributed by atoms with Gasteiger partial charge in [0.05, 0.1) is 16.4 Å². The lowest BCUT2D eigenvalue weighted by Gasteiger charge is -2.25. The summed E-state index contributed by atoms with van der Waals surface area (Å²) in [5.74, 6) is -0.287. The molecular weight excluding hydrogens is 298 g/mol. The maximum Gasteiger partial charge on any atom is 0.243 e. The van der Waals surface area contributed by atoms with Gasteiger partial charge in [-0.1, -0.05) is 24.4 Å². The number of benzene rings is 1. The minimum Gasteiger partial charge on any atom is -0.393 e. The Balaban J connectivity index is 2.21. The summed E-state index contributed by atoms with van der Waals surface area (Å²) >= 11 is 4.81. The summed E-state index contributed by atoms with van der Waals surface area (Å²) in [6.07, 6.45) is 0.432. The number of amides is 1. The molecule has 0 radical (unpaired) electrons. The highest BCUT2D eigenvalue weighted by molar-refractivity contribution is 7.89. The van der Waals surface area contributed by atoms with E-state index in [0.717, 1.165) is 5.56 Å². The number of sulfonamides is 1. The second-order valence-electron chi connectivity index (χ2n) is 4.48. The third-order valence-corrected chi connectivity index (χ3v) is 4.95. The molecule has 3 N–H and O–H groups in total. The van der Waals surface area contributed by atoms with Gasteiger partial charge in [-0.3, -0.25) is 4.79 Å². The third kappa shape index (κ3) is 3.33. The quantitative estimate of drug-likeness (QED) is 0.740. The van der Waals surface area contributed by atoms with Crippen LogP contribution in [0.25, 0.3) is 0 Å². The molecule has 0 spiro atoms. The van der Waals surface area contributed by atoms with E-state index < -0.39 is 10.0 Å². The molecule has 1 fully saturated rings. The zero-order chi connectivity index (χ0) is 14.8. The van der Waals surface area contributed by atoms with Gasteiger partial charge < -0.3 is 11.1 Å². The lowest BCUT2D eigenvalue weighted by atomic mass is 10.1. The first kappa shape index (κ1) is 14.9. The number of nitrogens with one attached hydrogen (secondary N) is 1. The Morgan fingerprint density at radius 3 is 2.55 bits per heavy atom. The van der Waals surface area contributed by atoms with Gasteiger partial charge in [-0.05, 0) is 17.7 Å². The monoisotopic (exact) mass is 313 g/mol. The van der Waals surface area contributed by atoms with Gasteiger partial charge in [0, 0.05) is 19.5 Å². The number of piperazine rings is 1. The Labute approximate surface area is 123 Å². The van der Waals surface area contributed by atoms with Crippen LogP contribution >= 0.6 is 12.2 Å². The Kier molecular flexibility index (Phi) is 4.36. The summed E-state index contributed by atoms with van der Waals surface area (Å²) in [6, 6.07) is 6.37. The van der Waals surface area contributed by atoms with Crippen molar-refractivity contribution in [2.45, 2.75) is 11.3 Å². The zero-order valence-corrected chi connectivity index (χ0v) is 12.3. The van der Waals surface area contributed by atoms with Crippen LogP contribution in [0.1, 0.15) is 5.56 Å². The molecule has 0 atom stereocenters. The molecule has 8 heteroatoms. The first-order valence-corrected chi connectivity index (χ1v) is 7.88. The molecule has 0 saturated carbocycles. The van der Waals surface area contributed by atoms with Gasteiger partial charge in [0.15, 0.2) is 0 Å². The molecule has 6 nitrogen and oxygen atoms in total. The van der Waals surface area contributed by atoms with Gasteiger partial charge in [0.25, 0.3) is 0 Å². The van der Waals surface area contributed by atoms with E-state index in [9.17, 15) is 13.2 Å². The molecule has 1 aliphatic rings. The first-order chi connectivity index (χ1) is 9.39. The summed E-state index contributed by atoms with van der Waals surface area (Å²) in [5.41, 5.74) is 6.30. The molecule has 2 rings (SSSR count). The molecule has 0 aromatic heterocycles. The van der Waals surface area contributed by atoms with Gasteiger partial charge in [-0.25, -0.2) is 8.42 Å². The lowest BCUT2D eigenvalue weighted by molar-refractivity contribution is -0.122. The van der Waals surface area contributed by atoms with Crippen molar-refractivity contribution in [1.82, 2.24) is 9.62 Å². The molecule has 1 saturated heterocycles. The largest absolute Gasteiger partial charge is 0.393 e. The number of thiocarbonyl (C=S) groups is 1. The van der Waals surface area contributed by atoms with Gasteiger partial charge in [0.1, 0.15) is 0 Å².